The van der Waals surface area contributed by atoms with E-state index in [1.54, 1.807) is 0 Å². The second-order valence-electron chi connectivity index (χ2n) is 8.07. The van der Waals surface area contributed by atoms with Crippen molar-refractivity contribution in [3.8, 4) is 0 Å². The lowest BCUT2D eigenvalue weighted by Crippen LogP contribution is -2.39. The molecule has 7 heteroatoms. The van der Waals surface area contributed by atoms with E-state index in [1.165, 1.54) is 0 Å². The van der Waals surface area contributed by atoms with Gasteiger partial charge in [0.25, 0.3) is 11.6 Å². The molecule has 3 aromatic heterocycles. The first-order chi connectivity index (χ1) is 14.6. The highest BCUT2D eigenvalue weighted by molar-refractivity contribution is 6.06. The molecule has 4 heterocycles. The van der Waals surface area contributed by atoms with Gasteiger partial charge >= 0.3 is 0 Å². The Bertz CT molecular complexity index is 1260. The molecule has 0 saturated carbocycles. The average molecular weight is 403 g/mol. The Kier molecular flexibility index (Phi) is 4.53. The number of benzene rings is 1. The number of carbonyl (C=O) groups excluding carboxylic acids is 1. The lowest BCUT2D eigenvalue weighted by molar-refractivity contribution is 0.0705. The van der Waals surface area contributed by atoms with Gasteiger partial charge in [-0.2, -0.15) is 0 Å². The molecule has 0 N–H and O–H groups in total. The maximum absolute atomic E-state index is 13.6. The van der Waals surface area contributed by atoms with Crippen LogP contribution in [0.25, 0.3) is 22.1 Å². The van der Waals surface area contributed by atoms with Crippen LogP contribution in [0.4, 0.5) is 0 Å². The molecule has 0 bridgehead atoms. The maximum Gasteiger partial charge on any atom is 0.258 e. The summed E-state index contributed by atoms with van der Waals surface area (Å²) in [5.74, 6) is 1.28. The first-order valence-corrected chi connectivity index (χ1v) is 10.5. The molecule has 1 aromatic carbocycles. The van der Waals surface area contributed by atoms with Crippen molar-refractivity contribution in [3.05, 3.63) is 53.1 Å². The minimum absolute atomic E-state index is 0.0202. The molecule has 30 heavy (non-hydrogen) atoms. The maximum atomic E-state index is 13.6. The van der Waals surface area contributed by atoms with Crippen molar-refractivity contribution in [2.45, 2.75) is 39.0 Å². The summed E-state index contributed by atoms with van der Waals surface area (Å²) < 4.78 is 7.53. The van der Waals surface area contributed by atoms with Gasteiger partial charge in [0.1, 0.15) is 5.82 Å². The van der Waals surface area contributed by atoms with E-state index in [0.29, 0.717) is 23.5 Å². The molecule has 1 fully saturated rings. The Hall–Kier alpha value is -3.22. The van der Waals surface area contributed by atoms with Gasteiger partial charge in [-0.3, -0.25) is 4.79 Å². The number of hydrogen-bond donors (Lipinski definition) is 0. The largest absolute Gasteiger partial charge is 0.338 e. The van der Waals surface area contributed by atoms with E-state index in [2.05, 4.69) is 27.8 Å². The molecule has 1 saturated heterocycles. The summed E-state index contributed by atoms with van der Waals surface area (Å²) in [6.07, 6.45) is 2.72. The van der Waals surface area contributed by atoms with E-state index in [4.69, 9.17) is 9.51 Å². The van der Waals surface area contributed by atoms with Gasteiger partial charge in [-0.25, -0.2) is 9.97 Å². The zero-order valence-electron chi connectivity index (χ0n) is 17.6. The van der Waals surface area contributed by atoms with Crippen LogP contribution in [0.3, 0.4) is 0 Å². The van der Waals surface area contributed by atoms with E-state index in [0.717, 1.165) is 53.7 Å². The highest BCUT2D eigenvalue weighted by Crippen LogP contribution is 2.31. The fourth-order valence-corrected chi connectivity index (χ4v) is 4.57. The fourth-order valence-electron chi connectivity index (χ4n) is 4.57. The number of amides is 1. The van der Waals surface area contributed by atoms with E-state index in [1.807, 2.05) is 43.0 Å². The van der Waals surface area contributed by atoms with Crippen molar-refractivity contribution >= 4 is 28.0 Å². The number of fused-ring (bicyclic) bond motifs is 2. The number of carbonyl (C=O) groups is 1. The fraction of sp³-hybridized carbons (Fsp3) is 0.391. The predicted octanol–water partition coefficient (Wildman–Crippen LogP) is 4.00. The zero-order valence-corrected chi connectivity index (χ0v) is 17.6. The highest BCUT2D eigenvalue weighted by atomic mass is 16.5. The van der Waals surface area contributed by atoms with E-state index >= 15 is 0 Å². The molecule has 0 spiro atoms. The number of aryl methyl sites for hydroxylation is 3. The minimum Gasteiger partial charge on any atom is -0.338 e. The van der Waals surface area contributed by atoms with Crippen LogP contribution in [0.15, 0.2) is 34.9 Å². The van der Waals surface area contributed by atoms with E-state index < -0.39 is 0 Å². The monoisotopic (exact) mass is 403 g/mol. The Morgan fingerprint density at radius 2 is 2.10 bits per heavy atom. The molecule has 1 unspecified atom stereocenters. The summed E-state index contributed by atoms with van der Waals surface area (Å²) in [6, 6.07) is 10.1. The third-order valence-corrected chi connectivity index (χ3v) is 6.16. The van der Waals surface area contributed by atoms with Gasteiger partial charge < -0.3 is 14.0 Å². The number of piperidine rings is 1. The summed E-state index contributed by atoms with van der Waals surface area (Å²) in [5, 5.41) is 4.76. The van der Waals surface area contributed by atoms with Crippen LogP contribution in [-0.4, -0.2) is 43.6 Å². The molecular weight excluding hydrogens is 378 g/mol. The van der Waals surface area contributed by atoms with Gasteiger partial charge in [-0.1, -0.05) is 24.2 Å². The molecule has 1 aliphatic rings. The summed E-state index contributed by atoms with van der Waals surface area (Å²) in [4.78, 5) is 24.9. The van der Waals surface area contributed by atoms with Crippen LogP contribution in [0, 0.1) is 6.92 Å². The SMILES string of the molecule is CCc1cc(C(=O)N2CCCC(c3nc4ccccc4n3C)C2)c2c(C)noc2n1. The number of aromatic nitrogens is 4. The average Bonchev–Trinajstić information content (AvgIpc) is 3.33. The van der Waals surface area contributed by atoms with Crippen molar-refractivity contribution in [1.29, 1.82) is 0 Å². The molecule has 5 rings (SSSR count). The Balaban J connectivity index is 1.49. The molecule has 0 aliphatic carbocycles. The lowest BCUT2D eigenvalue weighted by Gasteiger charge is -2.32. The molecule has 7 nitrogen and oxygen atoms in total. The Labute approximate surface area is 174 Å². The number of pyridine rings is 1. The molecule has 1 amide bonds. The topological polar surface area (TPSA) is 77.0 Å². The third kappa shape index (κ3) is 2.96. The summed E-state index contributed by atoms with van der Waals surface area (Å²) in [7, 11) is 2.06. The van der Waals surface area contributed by atoms with Crippen molar-refractivity contribution < 1.29 is 9.32 Å². The summed E-state index contributed by atoms with van der Waals surface area (Å²) in [5.41, 5.74) is 4.75. The molecule has 1 aliphatic heterocycles. The van der Waals surface area contributed by atoms with Gasteiger partial charge in [-0.05, 0) is 44.4 Å². The first-order valence-electron chi connectivity index (χ1n) is 10.5. The normalized spacial score (nSPS) is 17.2. The predicted molar refractivity (Wildman–Crippen MR) is 115 cm³/mol. The second-order valence-corrected chi connectivity index (χ2v) is 8.07. The van der Waals surface area contributed by atoms with Crippen molar-refractivity contribution in [1.82, 2.24) is 24.6 Å². The van der Waals surface area contributed by atoms with Crippen LogP contribution >= 0.6 is 0 Å². The van der Waals surface area contributed by atoms with Crippen molar-refractivity contribution in [2.24, 2.45) is 7.05 Å². The molecule has 1 atom stereocenters. The van der Waals surface area contributed by atoms with Gasteiger partial charge in [0, 0.05) is 31.7 Å². The highest BCUT2D eigenvalue weighted by Gasteiger charge is 2.30. The molecule has 4 aromatic rings. The van der Waals surface area contributed by atoms with Crippen LogP contribution in [0.2, 0.25) is 0 Å². The van der Waals surface area contributed by atoms with Crippen molar-refractivity contribution in [2.75, 3.05) is 13.1 Å². The van der Waals surface area contributed by atoms with Gasteiger partial charge in [0.15, 0.2) is 0 Å². The molecule has 0 radical (unpaired) electrons. The summed E-state index contributed by atoms with van der Waals surface area (Å²) >= 11 is 0. The summed E-state index contributed by atoms with van der Waals surface area (Å²) in [6.45, 7) is 5.28. The minimum atomic E-state index is 0.0202. The van der Waals surface area contributed by atoms with Crippen LogP contribution in [0.5, 0.6) is 0 Å². The van der Waals surface area contributed by atoms with Crippen LogP contribution < -0.4 is 0 Å². The lowest BCUT2D eigenvalue weighted by atomic mass is 9.96. The Morgan fingerprint density at radius 3 is 2.90 bits per heavy atom. The first kappa shape index (κ1) is 18.8. The number of nitrogens with zero attached hydrogens (tertiary/aromatic N) is 5. The van der Waals surface area contributed by atoms with Crippen LogP contribution in [0.1, 0.15) is 53.3 Å². The van der Waals surface area contributed by atoms with E-state index in [9.17, 15) is 4.79 Å². The smallest absolute Gasteiger partial charge is 0.258 e. The zero-order chi connectivity index (χ0) is 20.8. The quantitative estimate of drug-likeness (QED) is 0.517. The Morgan fingerprint density at radius 1 is 1.27 bits per heavy atom. The standard InChI is InChI=1S/C23H25N5O2/c1-4-16-12-17(20-14(2)26-30-22(20)24-16)23(29)28-11-7-8-15(13-28)21-25-18-9-5-6-10-19(18)27(21)3/h5-6,9-10,12,15H,4,7-8,11,13H2,1-3H3. The third-order valence-electron chi connectivity index (χ3n) is 6.16. The van der Waals surface area contributed by atoms with Crippen molar-refractivity contribution in [3.63, 3.8) is 0 Å². The number of imidazole rings is 1. The number of rotatable bonds is 3. The number of hydrogen-bond acceptors (Lipinski definition) is 5. The number of para-hydroxylation sites is 2. The molecule has 154 valence electrons. The van der Waals surface area contributed by atoms with Gasteiger partial charge in [0.05, 0.1) is 27.7 Å². The van der Waals surface area contributed by atoms with Crippen LogP contribution in [-0.2, 0) is 13.5 Å². The van der Waals surface area contributed by atoms with Gasteiger partial charge in [0.2, 0.25) is 0 Å². The molecular formula is C23H25N5O2. The number of likely N-dealkylation sites (tertiary alicyclic amines) is 1. The second kappa shape index (κ2) is 7.23. The van der Waals surface area contributed by atoms with Gasteiger partial charge in [-0.15, -0.1) is 0 Å². The van der Waals surface area contributed by atoms with E-state index in [-0.39, 0.29) is 11.8 Å².